The highest BCUT2D eigenvalue weighted by Crippen LogP contribution is 2.42. The summed E-state index contributed by atoms with van der Waals surface area (Å²) in [6.45, 7) is 4.42. The number of carboxylic acids is 1. The highest BCUT2D eigenvalue weighted by Gasteiger charge is 2.22. The quantitative estimate of drug-likeness (QED) is 0.187. The van der Waals surface area contributed by atoms with Crippen LogP contribution in [0.5, 0.6) is 5.75 Å². The number of unbranched alkanes of at least 4 members (excludes halogenated alkanes) is 2. The Morgan fingerprint density at radius 1 is 1.00 bits per heavy atom. The normalized spacial score (nSPS) is 10.6. The third kappa shape index (κ3) is 4.73. The van der Waals surface area contributed by atoms with Gasteiger partial charge in [0, 0.05) is 34.3 Å². The lowest BCUT2D eigenvalue weighted by Gasteiger charge is -2.17. The minimum absolute atomic E-state index is 0.00374. The minimum Gasteiger partial charge on any atom is -0.508 e. The van der Waals surface area contributed by atoms with Gasteiger partial charge in [0.15, 0.2) is 5.43 Å². The lowest BCUT2D eigenvalue weighted by Crippen LogP contribution is -2.09. The Morgan fingerprint density at radius 2 is 1.72 bits per heavy atom. The van der Waals surface area contributed by atoms with Gasteiger partial charge >= 0.3 is 5.97 Å². The van der Waals surface area contributed by atoms with Crippen LogP contribution in [0.3, 0.4) is 0 Å². The Bertz CT molecular complexity index is 1280. The van der Waals surface area contributed by atoms with E-state index in [1.807, 2.05) is 0 Å². The van der Waals surface area contributed by atoms with Crippen molar-refractivity contribution in [1.29, 1.82) is 0 Å². The number of aromatic hydroxyl groups is 1. The van der Waals surface area contributed by atoms with Gasteiger partial charge in [0.1, 0.15) is 17.1 Å². The monoisotopic (exact) mass is 434 g/mol. The van der Waals surface area contributed by atoms with E-state index >= 15 is 0 Å². The number of nitrogen functional groups attached to an aromatic ring is 1. The summed E-state index contributed by atoms with van der Waals surface area (Å²) in [4.78, 5) is 23.6. The van der Waals surface area contributed by atoms with Crippen LogP contribution in [-0.2, 0) is 0 Å². The Labute approximate surface area is 185 Å². The molecule has 0 spiro atoms. The number of hydrazine groups is 1. The van der Waals surface area contributed by atoms with Crippen LogP contribution < -0.4 is 16.7 Å². The first kappa shape index (κ1) is 22.8. The van der Waals surface area contributed by atoms with Crippen LogP contribution in [0.1, 0.15) is 43.5 Å². The smallest absolute Gasteiger partial charge is 0.336 e. The molecule has 2 aromatic rings. The van der Waals surface area contributed by atoms with Crippen molar-refractivity contribution in [3.63, 3.8) is 0 Å². The molecule has 1 aliphatic carbocycles. The van der Waals surface area contributed by atoms with Crippen LogP contribution in [0.25, 0.3) is 33.4 Å². The minimum atomic E-state index is -1.12. The van der Waals surface area contributed by atoms with E-state index in [-0.39, 0.29) is 16.7 Å². The van der Waals surface area contributed by atoms with E-state index in [0.29, 0.717) is 39.1 Å². The molecule has 0 saturated heterocycles. The Balaban J connectivity index is 0.000000523. The maximum atomic E-state index is 11.9. The van der Waals surface area contributed by atoms with Crippen LogP contribution in [0.2, 0.25) is 0 Å². The van der Waals surface area contributed by atoms with Gasteiger partial charge < -0.3 is 20.1 Å². The molecule has 1 aliphatic heterocycles. The molecule has 0 unspecified atom stereocenters. The maximum absolute atomic E-state index is 11.9. The Morgan fingerprint density at radius 3 is 2.34 bits per heavy atom. The molecular formula is C25H26N2O5. The number of carbonyl (C=O) groups is 1. The largest absolute Gasteiger partial charge is 0.508 e. The molecule has 0 aromatic heterocycles. The Hall–Kier alpha value is -3.84. The van der Waals surface area contributed by atoms with Gasteiger partial charge in [0.25, 0.3) is 0 Å². The molecule has 7 nitrogen and oxygen atoms in total. The fourth-order valence-electron chi connectivity index (χ4n) is 3.53. The highest BCUT2D eigenvalue weighted by molar-refractivity contribution is 6.08. The summed E-state index contributed by atoms with van der Waals surface area (Å²) in [6.07, 6.45) is 4.08. The molecule has 0 amide bonds. The summed E-state index contributed by atoms with van der Waals surface area (Å²) in [7, 11) is 0. The first-order valence-electron chi connectivity index (χ1n) is 10.4. The molecule has 0 radical (unpaired) electrons. The molecule has 0 fully saturated rings. The molecule has 0 atom stereocenters. The van der Waals surface area contributed by atoms with Crippen molar-refractivity contribution in [2.45, 2.75) is 33.1 Å². The number of rotatable bonds is 5. The summed E-state index contributed by atoms with van der Waals surface area (Å²) in [5, 5.41) is 20.1. The van der Waals surface area contributed by atoms with Crippen LogP contribution >= 0.6 is 0 Å². The van der Waals surface area contributed by atoms with Gasteiger partial charge in [-0.05, 0) is 42.0 Å². The average Bonchev–Trinajstić information content (AvgIpc) is 2.78. The lowest BCUT2D eigenvalue weighted by molar-refractivity contribution is 0.0698. The van der Waals surface area contributed by atoms with Crippen molar-refractivity contribution < 1.29 is 19.4 Å². The van der Waals surface area contributed by atoms with E-state index in [1.165, 1.54) is 49.6 Å². The molecular weight excluding hydrogens is 408 g/mol. The van der Waals surface area contributed by atoms with Crippen molar-refractivity contribution >= 4 is 22.6 Å². The number of fused-ring (bicyclic) bond motifs is 2. The van der Waals surface area contributed by atoms with E-state index < -0.39 is 5.97 Å². The van der Waals surface area contributed by atoms with Crippen molar-refractivity contribution in [2.24, 2.45) is 5.84 Å². The third-order valence-corrected chi connectivity index (χ3v) is 5.07. The van der Waals surface area contributed by atoms with Crippen molar-refractivity contribution in [1.82, 2.24) is 0 Å². The van der Waals surface area contributed by atoms with Crippen LogP contribution in [0.4, 0.5) is 5.69 Å². The zero-order valence-corrected chi connectivity index (χ0v) is 18.0. The summed E-state index contributed by atoms with van der Waals surface area (Å²) in [5.74, 6) is 4.58. The van der Waals surface area contributed by atoms with E-state index in [9.17, 15) is 19.8 Å². The number of carboxylic acid groups (broad SMARTS) is 1. The Kier molecular flexibility index (Phi) is 7.12. The molecule has 2 aromatic carbocycles. The molecule has 0 bridgehead atoms. The van der Waals surface area contributed by atoms with Gasteiger partial charge in [0.2, 0.25) is 0 Å². The first-order valence-corrected chi connectivity index (χ1v) is 10.4. The van der Waals surface area contributed by atoms with Crippen LogP contribution in [0.15, 0.2) is 63.8 Å². The zero-order valence-electron chi connectivity index (χ0n) is 18.0. The first-order chi connectivity index (χ1) is 15.4. The fraction of sp³-hybridized carbons (Fsp3) is 0.200. The van der Waals surface area contributed by atoms with E-state index in [1.54, 1.807) is 24.3 Å². The molecule has 2 aliphatic rings. The average molecular weight is 434 g/mol. The number of nitrogens with two attached hydrogens (primary N) is 1. The number of aromatic carboxylic acids is 1. The summed E-state index contributed by atoms with van der Waals surface area (Å²) in [5.41, 5.74) is 4.64. The predicted octanol–water partition coefficient (Wildman–Crippen LogP) is 5.45. The predicted molar refractivity (Wildman–Crippen MR) is 126 cm³/mol. The second kappa shape index (κ2) is 9.98. The maximum Gasteiger partial charge on any atom is 0.336 e. The molecule has 32 heavy (non-hydrogen) atoms. The third-order valence-electron chi connectivity index (χ3n) is 5.07. The summed E-state index contributed by atoms with van der Waals surface area (Å²) in [6, 6.07) is 13.6. The second-order valence-electron chi connectivity index (χ2n) is 7.38. The zero-order chi connectivity index (χ0) is 23.3. The topological polar surface area (TPSA) is 126 Å². The molecule has 7 heteroatoms. The van der Waals surface area contributed by atoms with Gasteiger partial charge in [-0.15, -0.1) is 0 Å². The standard InChI is InChI=1S/C20H14N2O5.C5H12/c21-22-10-1-4-13(16(7-10)20(25)26)19-14-5-2-11(23)8-17(14)27-18-9-12(24)3-6-15(18)19;1-3-5-4-2/h1-9,22-23H,21H2,(H,25,26);3-5H2,1-2H3. The molecule has 1 heterocycles. The molecule has 4 rings (SSSR count). The van der Waals surface area contributed by atoms with E-state index in [4.69, 9.17) is 10.3 Å². The second-order valence-corrected chi connectivity index (χ2v) is 7.38. The molecule has 0 saturated carbocycles. The number of hydrogen-bond donors (Lipinski definition) is 4. The van der Waals surface area contributed by atoms with Crippen molar-refractivity contribution in [3.8, 4) is 28.2 Å². The van der Waals surface area contributed by atoms with Gasteiger partial charge in [-0.3, -0.25) is 10.6 Å². The number of phenols is 1. The molecule has 166 valence electrons. The lowest BCUT2D eigenvalue weighted by atomic mass is 9.90. The van der Waals surface area contributed by atoms with Crippen molar-refractivity contribution in [2.75, 3.05) is 5.43 Å². The molecule has 5 N–H and O–H groups in total. The van der Waals surface area contributed by atoms with Crippen LogP contribution in [0, 0.1) is 0 Å². The van der Waals surface area contributed by atoms with Gasteiger partial charge in [-0.1, -0.05) is 39.2 Å². The summed E-state index contributed by atoms with van der Waals surface area (Å²) < 4.78 is 5.78. The van der Waals surface area contributed by atoms with Gasteiger partial charge in [-0.2, -0.15) is 0 Å². The van der Waals surface area contributed by atoms with Crippen molar-refractivity contribution in [3.05, 3.63) is 70.4 Å². The number of nitrogens with one attached hydrogen (secondary N) is 1. The SMILES string of the molecule is CCCCC.NNc1ccc(-c2c3ccc(=O)cc-3oc3cc(O)ccc23)c(C(=O)O)c1. The fourth-order valence-corrected chi connectivity index (χ4v) is 3.53. The number of benzene rings is 3. The number of hydrogen-bond acceptors (Lipinski definition) is 6. The van der Waals surface area contributed by atoms with E-state index in [2.05, 4.69) is 19.3 Å². The van der Waals surface area contributed by atoms with Gasteiger partial charge in [-0.25, -0.2) is 4.79 Å². The van der Waals surface area contributed by atoms with Crippen LogP contribution in [-0.4, -0.2) is 16.2 Å². The number of phenolic OH excluding ortho intramolecular Hbond substituents is 1. The highest BCUT2D eigenvalue weighted by atomic mass is 16.4. The number of anilines is 1. The summed E-state index contributed by atoms with van der Waals surface area (Å²) >= 11 is 0. The van der Waals surface area contributed by atoms with Gasteiger partial charge in [0.05, 0.1) is 5.56 Å². The van der Waals surface area contributed by atoms with E-state index in [0.717, 1.165) is 0 Å².